The van der Waals surface area contributed by atoms with Gasteiger partial charge < -0.3 is 9.73 Å². The maximum absolute atomic E-state index is 6.27. The fourth-order valence-electron chi connectivity index (χ4n) is 1.87. The zero-order valence-electron chi connectivity index (χ0n) is 10.2. The normalized spacial score (nSPS) is 15.0. The third kappa shape index (κ3) is 2.42. The summed E-state index contributed by atoms with van der Waals surface area (Å²) in [5, 5.41) is 4.11. The topological polar surface area (TPSA) is 38.1 Å². The summed E-state index contributed by atoms with van der Waals surface area (Å²) in [6.45, 7) is 2.67. The van der Waals surface area contributed by atoms with Gasteiger partial charge in [0.15, 0.2) is 5.76 Å². The molecule has 0 unspecified atom stereocenters. The molecule has 94 valence electrons. The van der Waals surface area contributed by atoms with E-state index in [0.29, 0.717) is 12.6 Å². The molecule has 0 saturated heterocycles. The number of benzene rings is 1. The molecule has 1 fully saturated rings. The molecule has 0 amide bonds. The Hall–Kier alpha value is -1.32. The highest BCUT2D eigenvalue weighted by Gasteiger charge is 2.21. The van der Waals surface area contributed by atoms with Crippen LogP contribution < -0.4 is 5.32 Å². The van der Waals surface area contributed by atoms with E-state index < -0.39 is 0 Å². The highest BCUT2D eigenvalue weighted by Crippen LogP contribution is 2.30. The van der Waals surface area contributed by atoms with E-state index >= 15 is 0 Å². The fraction of sp³-hybridized carbons (Fsp3) is 0.357. The van der Waals surface area contributed by atoms with Crippen molar-refractivity contribution >= 4 is 11.6 Å². The molecule has 0 atom stereocenters. The number of oxazole rings is 1. The van der Waals surface area contributed by atoms with Gasteiger partial charge in [0.2, 0.25) is 5.89 Å². The van der Waals surface area contributed by atoms with Crippen LogP contribution in [0.25, 0.3) is 11.3 Å². The molecule has 0 spiro atoms. The van der Waals surface area contributed by atoms with E-state index in [9.17, 15) is 0 Å². The van der Waals surface area contributed by atoms with Crippen molar-refractivity contribution < 1.29 is 4.42 Å². The van der Waals surface area contributed by atoms with Gasteiger partial charge >= 0.3 is 0 Å². The molecule has 0 radical (unpaired) electrons. The molecule has 3 rings (SSSR count). The van der Waals surface area contributed by atoms with Crippen molar-refractivity contribution in [3.8, 4) is 11.3 Å². The summed E-state index contributed by atoms with van der Waals surface area (Å²) in [7, 11) is 0. The summed E-state index contributed by atoms with van der Waals surface area (Å²) in [6.07, 6.45) is 4.26. The van der Waals surface area contributed by atoms with Crippen LogP contribution in [0.1, 0.15) is 24.3 Å². The molecule has 1 aromatic carbocycles. The second kappa shape index (κ2) is 4.75. The molecule has 1 aromatic heterocycles. The van der Waals surface area contributed by atoms with Gasteiger partial charge in [-0.25, -0.2) is 4.98 Å². The first-order valence-corrected chi connectivity index (χ1v) is 6.55. The Morgan fingerprint density at radius 2 is 2.28 bits per heavy atom. The van der Waals surface area contributed by atoms with Crippen LogP contribution in [0.3, 0.4) is 0 Å². The van der Waals surface area contributed by atoms with E-state index in [0.717, 1.165) is 27.8 Å². The Kier molecular flexibility index (Phi) is 3.10. The number of nitrogens with one attached hydrogen (secondary N) is 1. The lowest BCUT2D eigenvalue weighted by atomic mass is 10.1. The summed E-state index contributed by atoms with van der Waals surface area (Å²) >= 11 is 6.27. The SMILES string of the molecule is Cc1cccc(-c2cnc(CNC3CC3)o2)c1Cl. The summed E-state index contributed by atoms with van der Waals surface area (Å²) in [6, 6.07) is 6.57. The van der Waals surface area contributed by atoms with Crippen LogP contribution in [0.5, 0.6) is 0 Å². The van der Waals surface area contributed by atoms with Crippen LogP contribution in [0.4, 0.5) is 0 Å². The Morgan fingerprint density at radius 3 is 3.06 bits per heavy atom. The average Bonchev–Trinajstić information content (AvgIpc) is 3.08. The lowest BCUT2D eigenvalue weighted by Crippen LogP contribution is -2.15. The van der Waals surface area contributed by atoms with Gasteiger partial charge in [0.1, 0.15) is 0 Å². The van der Waals surface area contributed by atoms with Crippen LogP contribution in [-0.2, 0) is 6.54 Å². The van der Waals surface area contributed by atoms with Crippen LogP contribution in [0.15, 0.2) is 28.8 Å². The minimum atomic E-state index is 0.655. The van der Waals surface area contributed by atoms with Gasteiger partial charge in [-0.1, -0.05) is 23.7 Å². The highest BCUT2D eigenvalue weighted by atomic mass is 35.5. The van der Waals surface area contributed by atoms with Crippen LogP contribution >= 0.6 is 11.6 Å². The number of hydrogen-bond acceptors (Lipinski definition) is 3. The predicted molar refractivity (Wildman–Crippen MR) is 71.5 cm³/mol. The molecule has 1 aliphatic carbocycles. The van der Waals surface area contributed by atoms with Crippen molar-refractivity contribution in [3.63, 3.8) is 0 Å². The molecular formula is C14H15ClN2O. The lowest BCUT2D eigenvalue weighted by Gasteiger charge is -2.03. The third-order valence-corrected chi connectivity index (χ3v) is 3.63. The van der Waals surface area contributed by atoms with Crippen molar-refractivity contribution in [2.45, 2.75) is 32.4 Å². The van der Waals surface area contributed by atoms with Crippen molar-refractivity contribution in [1.29, 1.82) is 0 Å². The van der Waals surface area contributed by atoms with Crippen LogP contribution in [0.2, 0.25) is 5.02 Å². The third-order valence-electron chi connectivity index (χ3n) is 3.13. The zero-order valence-corrected chi connectivity index (χ0v) is 11.0. The Bertz CT molecular complexity index is 561. The first kappa shape index (κ1) is 11.8. The van der Waals surface area contributed by atoms with Gasteiger partial charge in [0.25, 0.3) is 0 Å². The van der Waals surface area contributed by atoms with Crippen LogP contribution in [0, 0.1) is 6.92 Å². The van der Waals surface area contributed by atoms with E-state index in [1.54, 1.807) is 6.20 Å². The molecule has 4 heteroatoms. The maximum atomic E-state index is 6.27. The Morgan fingerprint density at radius 1 is 1.44 bits per heavy atom. The summed E-state index contributed by atoms with van der Waals surface area (Å²) in [4.78, 5) is 4.28. The number of aromatic nitrogens is 1. The number of nitrogens with zero attached hydrogens (tertiary/aromatic N) is 1. The second-order valence-corrected chi connectivity index (χ2v) is 5.09. The molecule has 2 aromatic rings. The minimum absolute atomic E-state index is 0.655. The van der Waals surface area contributed by atoms with Crippen LogP contribution in [-0.4, -0.2) is 11.0 Å². The van der Waals surface area contributed by atoms with Crippen molar-refractivity contribution in [2.75, 3.05) is 0 Å². The highest BCUT2D eigenvalue weighted by molar-refractivity contribution is 6.33. The van der Waals surface area contributed by atoms with Gasteiger partial charge in [-0.2, -0.15) is 0 Å². The van der Waals surface area contributed by atoms with Gasteiger partial charge in [-0.05, 0) is 31.4 Å². The molecule has 1 N–H and O–H groups in total. The minimum Gasteiger partial charge on any atom is -0.439 e. The number of rotatable bonds is 4. The molecule has 3 nitrogen and oxygen atoms in total. The van der Waals surface area contributed by atoms with E-state index in [1.807, 2.05) is 25.1 Å². The fourth-order valence-corrected chi connectivity index (χ4v) is 2.09. The van der Waals surface area contributed by atoms with E-state index in [1.165, 1.54) is 12.8 Å². The van der Waals surface area contributed by atoms with E-state index in [4.69, 9.17) is 16.0 Å². The van der Waals surface area contributed by atoms with Gasteiger partial charge in [0, 0.05) is 11.6 Å². The number of aryl methyl sites for hydroxylation is 1. The van der Waals surface area contributed by atoms with Crippen molar-refractivity contribution in [2.24, 2.45) is 0 Å². The zero-order chi connectivity index (χ0) is 12.5. The maximum Gasteiger partial charge on any atom is 0.208 e. The first-order valence-electron chi connectivity index (χ1n) is 6.17. The molecular weight excluding hydrogens is 248 g/mol. The van der Waals surface area contributed by atoms with E-state index in [2.05, 4.69) is 10.3 Å². The summed E-state index contributed by atoms with van der Waals surface area (Å²) in [5.74, 6) is 1.45. The van der Waals surface area contributed by atoms with Gasteiger partial charge in [0.05, 0.1) is 17.8 Å². The molecule has 0 aliphatic heterocycles. The first-order chi connectivity index (χ1) is 8.74. The molecule has 1 aliphatic rings. The molecule has 1 saturated carbocycles. The van der Waals surface area contributed by atoms with Gasteiger partial charge in [-0.3, -0.25) is 0 Å². The average molecular weight is 263 g/mol. The number of halogens is 1. The van der Waals surface area contributed by atoms with E-state index in [-0.39, 0.29) is 0 Å². The predicted octanol–water partition coefficient (Wildman–Crippen LogP) is 3.56. The van der Waals surface area contributed by atoms with Gasteiger partial charge in [-0.15, -0.1) is 0 Å². The summed E-state index contributed by atoms with van der Waals surface area (Å²) < 4.78 is 5.73. The molecule has 1 heterocycles. The Labute approximate surface area is 111 Å². The molecule has 0 bridgehead atoms. The smallest absolute Gasteiger partial charge is 0.208 e. The molecule has 18 heavy (non-hydrogen) atoms. The monoisotopic (exact) mass is 262 g/mol. The summed E-state index contributed by atoms with van der Waals surface area (Å²) in [5.41, 5.74) is 1.95. The second-order valence-electron chi connectivity index (χ2n) is 4.71. The standard InChI is InChI=1S/C14H15ClN2O/c1-9-3-2-4-11(14(9)15)12-7-17-13(18-12)8-16-10-5-6-10/h2-4,7,10,16H,5-6,8H2,1H3. The lowest BCUT2D eigenvalue weighted by molar-refractivity contribution is 0.476. The van der Waals surface area contributed by atoms with Crippen molar-refractivity contribution in [3.05, 3.63) is 40.9 Å². The largest absolute Gasteiger partial charge is 0.439 e. The quantitative estimate of drug-likeness (QED) is 0.916. The number of hydrogen-bond donors (Lipinski definition) is 1. The Balaban J connectivity index is 1.80. The van der Waals surface area contributed by atoms with Crippen molar-refractivity contribution in [1.82, 2.24) is 10.3 Å².